The summed E-state index contributed by atoms with van der Waals surface area (Å²) < 4.78 is 7.76. The van der Waals surface area contributed by atoms with Crippen LogP contribution in [0.5, 0.6) is 5.75 Å². The van der Waals surface area contributed by atoms with Crippen LogP contribution in [0.25, 0.3) is 0 Å². The Kier molecular flexibility index (Phi) is 5.48. The van der Waals surface area contributed by atoms with Crippen LogP contribution in [-0.2, 0) is 11.3 Å². The largest absolute Gasteiger partial charge is 0.484 e. The number of amides is 1. The van der Waals surface area contributed by atoms with Crippen LogP contribution in [0.1, 0.15) is 30.3 Å². The van der Waals surface area contributed by atoms with Crippen molar-refractivity contribution in [3.63, 3.8) is 0 Å². The monoisotopic (exact) mass is 382 g/mol. The Labute approximate surface area is 162 Å². The highest BCUT2D eigenvalue weighted by molar-refractivity contribution is 7.07. The van der Waals surface area contributed by atoms with Gasteiger partial charge < -0.3 is 14.2 Å². The number of piperidine rings is 1. The van der Waals surface area contributed by atoms with Gasteiger partial charge >= 0.3 is 0 Å². The van der Waals surface area contributed by atoms with E-state index in [1.807, 2.05) is 53.1 Å². The van der Waals surface area contributed by atoms with Crippen LogP contribution in [0.15, 0.2) is 53.6 Å². The molecule has 2 aromatic heterocycles. The average Bonchev–Trinajstić information content (AvgIpc) is 3.40. The van der Waals surface area contributed by atoms with Crippen molar-refractivity contribution in [3.8, 4) is 5.75 Å². The van der Waals surface area contributed by atoms with Gasteiger partial charge in [0.15, 0.2) is 6.61 Å². The van der Waals surface area contributed by atoms with Crippen LogP contribution < -0.4 is 4.74 Å². The first-order valence-electron chi connectivity index (χ1n) is 9.13. The summed E-state index contributed by atoms with van der Waals surface area (Å²) in [6.07, 6.45) is 5.71. The van der Waals surface area contributed by atoms with Crippen LogP contribution in [-0.4, -0.2) is 45.0 Å². The minimum Gasteiger partial charge on any atom is -0.484 e. The fourth-order valence-corrected chi connectivity index (χ4v) is 3.99. The molecule has 0 aliphatic carbocycles. The van der Waals surface area contributed by atoms with Gasteiger partial charge in [-0.25, -0.2) is 9.97 Å². The van der Waals surface area contributed by atoms with Gasteiger partial charge in [-0.2, -0.15) is 0 Å². The first kappa shape index (κ1) is 17.7. The van der Waals surface area contributed by atoms with Crippen LogP contribution >= 0.6 is 11.3 Å². The van der Waals surface area contributed by atoms with Gasteiger partial charge in [-0.15, -0.1) is 11.3 Å². The molecule has 1 aromatic carbocycles. The summed E-state index contributed by atoms with van der Waals surface area (Å²) in [6, 6.07) is 9.46. The molecular weight excluding hydrogens is 360 g/mol. The maximum Gasteiger partial charge on any atom is 0.260 e. The Morgan fingerprint density at radius 1 is 1.19 bits per heavy atom. The van der Waals surface area contributed by atoms with Gasteiger partial charge in [0.1, 0.15) is 11.6 Å². The summed E-state index contributed by atoms with van der Waals surface area (Å²) in [4.78, 5) is 23.3. The van der Waals surface area contributed by atoms with Crippen LogP contribution in [0, 0.1) is 0 Å². The Morgan fingerprint density at radius 3 is 2.74 bits per heavy atom. The Morgan fingerprint density at radius 2 is 2.00 bits per heavy atom. The molecule has 1 fully saturated rings. The Bertz CT molecular complexity index is 855. The second-order valence-corrected chi connectivity index (χ2v) is 7.37. The van der Waals surface area contributed by atoms with Crippen molar-refractivity contribution in [1.29, 1.82) is 0 Å². The molecule has 3 aromatic rings. The lowest BCUT2D eigenvalue weighted by Gasteiger charge is -2.31. The fraction of sp³-hybridized carbons (Fsp3) is 0.350. The van der Waals surface area contributed by atoms with E-state index in [2.05, 4.69) is 19.9 Å². The second-order valence-electron chi connectivity index (χ2n) is 6.65. The molecule has 7 heteroatoms. The molecule has 1 aliphatic rings. The van der Waals surface area contributed by atoms with Crippen LogP contribution in [0.2, 0.25) is 0 Å². The molecule has 6 nitrogen and oxygen atoms in total. The number of hydrogen-bond donors (Lipinski definition) is 0. The summed E-state index contributed by atoms with van der Waals surface area (Å²) in [6.45, 7) is 2.33. The number of hydrogen-bond acceptors (Lipinski definition) is 5. The van der Waals surface area contributed by atoms with E-state index in [0.29, 0.717) is 5.92 Å². The number of aromatic nitrogens is 3. The first-order valence-corrected chi connectivity index (χ1v) is 10.1. The zero-order valence-electron chi connectivity index (χ0n) is 15.0. The van der Waals surface area contributed by atoms with E-state index in [-0.39, 0.29) is 12.5 Å². The van der Waals surface area contributed by atoms with Gasteiger partial charge in [0.05, 0.1) is 17.7 Å². The van der Waals surface area contributed by atoms with Gasteiger partial charge in [0.25, 0.3) is 5.91 Å². The van der Waals surface area contributed by atoms with Crippen molar-refractivity contribution in [2.75, 3.05) is 19.7 Å². The van der Waals surface area contributed by atoms with E-state index >= 15 is 0 Å². The average molecular weight is 382 g/mol. The number of likely N-dealkylation sites (tertiary alicyclic amines) is 1. The maximum atomic E-state index is 12.4. The molecule has 140 valence electrons. The molecule has 27 heavy (non-hydrogen) atoms. The number of thiazole rings is 1. The minimum atomic E-state index is 0.0446. The van der Waals surface area contributed by atoms with Gasteiger partial charge in [0.2, 0.25) is 0 Å². The smallest absolute Gasteiger partial charge is 0.260 e. The van der Waals surface area contributed by atoms with E-state index in [9.17, 15) is 4.79 Å². The van der Waals surface area contributed by atoms with E-state index in [0.717, 1.165) is 49.7 Å². The highest BCUT2D eigenvalue weighted by Gasteiger charge is 2.26. The van der Waals surface area contributed by atoms with Crippen molar-refractivity contribution >= 4 is 17.2 Å². The molecule has 1 amide bonds. The molecule has 0 bridgehead atoms. The molecule has 0 radical (unpaired) electrons. The lowest BCUT2D eigenvalue weighted by Crippen LogP contribution is -2.40. The molecule has 0 saturated carbocycles. The zero-order valence-corrected chi connectivity index (χ0v) is 15.8. The van der Waals surface area contributed by atoms with Crippen molar-refractivity contribution in [2.45, 2.75) is 25.3 Å². The van der Waals surface area contributed by atoms with Gasteiger partial charge in [-0.1, -0.05) is 18.2 Å². The lowest BCUT2D eigenvalue weighted by atomic mass is 9.96. The number of ether oxygens (including phenoxy) is 1. The van der Waals surface area contributed by atoms with Crippen LogP contribution in [0.4, 0.5) is 0 Å². The minimum absolute atomic E-state index is 0.0446. The second kappa shape index (κ2) is 8.35. The number of nitrogens with zero attached hydrogens (tertiary/aromatic N) is 4. The third kappa shape index (κ3) is 4.36. The quantitative estimate of drug-likeness (QED) is 0.657. The Balaban J connectivity index is 1.30. The normalized spacial score (nSPS) is 15.0. The van der Waals surface area contributed by atoms with E-state index in [1.54, 1.807) is 11.3 Å². The molecule has 1 aliphatic heterocycles. The predicted molar refractivity (Wildman–Crippen MR) is 104 cm³/mol. The molecular formula is C20H22N4O2S. The number of imidazole rings is 1. The topological polar surface area (TPSA) is 60.2 Å². The summed E-state index contributed by atoms with van der Waals surface area (Å²) in [5.74, 6) is 2.24. The predicted octanol–water partition coefficient (Wildman–Crippen LogP) is 3.17. The molecule has 0 unspecified atom stereocenters. The summed E-state index contributed by atoms with van der Waals surface area (Å²) >= 11 is 1.61. The number of carbonyl (C=O) groups excluding carboxylic acids is 1. The summed E-state index contributed by atoms with van der Waals surface area (Å²) in [5.41, 5.74) is 2.91. The fourth-order valence-electron chi connectivity index (χ4n) is 3.44. The summed E-state index contributed by atoms with van der Waals surface area (Å²) in [5, 5.41) is 2.07. The third-order valence-corrected chi connectivity index (χ3v) is 5.52. The molecule has 0 spiro atoms. The maximum absolute atomic E-state index is 12.4. The van der Waals surface area contributed by atoms with Gasteiger partial charge in [0, 0.05) is 36.8 Å². The third-order valence-electron chi connectivity index (χ3n) is 4.88. The van der Waals surface area contributed by atoms with E-state index < -0.39 is 0 Å². The van der Waals surface area contributed by atoms with Gasteiger partial charge in [-0.05, 0) is 25.0 Å². The molecule has 1 saturated heterocycles. The molecule has 0 N–H and O–H groups in total. The first-order chi connectivity index (χ1) is 13.3. The van der Waals surface area contributed by atoms with Gasteiger partial charge in [-0.3, -0.25) is 4.79 Å². The van der Waals surface area contributed by atoms with Crippen molar-refractivity contribution < 1.29 is 9.53 Å². The number of carbonyl (C=O) groups is 1. The number of para-hydroxylation sites is 1. The number of rotatable bonds is 6. The van der Waals surface area contributed by atoms with Crippen molar-refractivity contribution in [3.05, 3.63) is 65.1 Å². The van der Waals surface area contributed by atoms with Crippen molar-refractivity contribution in [1.82, 2.24) is 19.4 Å². The van der Waals surface area contributed by atoms with Crippen molar-refractivity contribution in [2.24, 2.45) is 0 Å². The van der Waals surface area contributed by atoms with E-state index in [1.165, 1.54) is 0 Å². The van der Waals surface area contributed by atoms with Crippen LogP contribution in [0.3, 0.4) is 0 Å². The Hall–Kier alpha value is -2.67. The molecule has 3 heterocycles. The van der Waals surface area contributed by atoms with E-state index in [4.69, 9.17) is 4.74 Å². The highest BCUT2D eigenvalue weighted by Crippen LogP contribution is 2.27. The number of benzene rings is 1. The highest BCUT2D eigenvalue weighted by atomic mass is 32.1. The molecule has 4 rings (SSSR count). The molecule has 0 atom stereocenters. The zero-order chi connectivity index (χ0) is 18.5. The lowest BCUT2D eigenvalue weighted by molar-refractivity contribution is -0.134. The SMILES string of the molecule is O=C(COc1ccccc1)N1CCC(c2nccn2Cc2cscn2)CC1. The summed E-state index contributed by atoms with van der Waals surface area (Å²) in [7, 11) is 0. The standard InChI is InChI=1S/C20H22N4O2S/c25-19(13-26-18-4-2-1-3-5-18)23-9-6-16(7-10-23)20-21-8-11-24(20)12-17-14-27-15-22-17/h1-5,8,11,14-16H,6-7,9-10,12-13H2.